The van der Waals surface area contributed by atoms with E-state index in [-0.39, 0.29) is 12.4 Å². The fourth-order valence-corrected chi connectivity index (χ4v) is 3.48. The van der Waals surface area contributed by atoms with Gasteiger partial charge in [-0.25, -0.2) is 9.37 Å². The molecular weight excluding hydrogens is 417 g/mol. The average Bonchev–Trinajstić information content (AvgIpc) is 3.17. The van der Waals surface area contributed by atoms with Crippen LogP contribution in [0.2, 0.25) is 5.02 Å². The molecule has 0 aliphatic carbocycles. The fraction of sp³-hybridized carbons (Fsp3) is 0.208. The van der Waals surface area contributed by atoms with E-state index in [1.54, 1.807) is 6.07 Å². The molecule has 0 spiro atoms. The molecule has 0 saturated heterocycles. The Morgan fingerprint density at radius 1 is 1.00 bits per heavy atom. The number of halogens is 2. The second-order valence-corrected chi connectivity index (χ2v) is 7.45. The molecule has 0 atom stereocenters. The number of nitrogens with one attached hydrogen (secondary N) is 2. The van der Waals surface area contributed by atoms with Gasteiger partial charge < -0.3 is 19.8 Å². The first kappa shape index (κ1) is 21.2. The summed E-state index contributed by atoms with van der Waals surface area (Å²) in [5.74, 6) is 1.79. The molecule has 0 aliphatic heterocycles. The van der Waals surface area contributed by atoms with Gasteiger partial charge in [0.05, 0.1) is 29.2 Å². The number of nitrogens with zero attached hydrogens (tertiary/aromatic N) is 1. The first-order chi connectivity index (χ1) is 15.1. The second-order valence-electron chi connectivity index (χ2n) is 7.04. The number of imidazole rings is 1. The molecule has 0 unspecified atom stereocenters. The van der Waals surface area contributed by atoms with Gasteiger partial charge in [-0.3, -0.25) is 0 Å². The highest BCUT2D eigenvalue weighted by Crippen LogP contribution is 2.30. The largest absolute Gasteiger partial charge is 0.490 e. The molecule has 5 nitrogen and oxygen atoms in total. The zero-order valence-corrected chi connectivity index (χ0v) is 17.9. The van der Waals surface area contributed by atoms with Crippen LogP contribution in [0.25, 0.3) is 11.0 Å². The van der Waals surface area contributed by atoms with Gasteiger partial charge in [-0.05, 0) is 48.9 Å². The summed E-state index contributed by atoms with van der Waals surface area (Å²) in [4.78, 5) is 7.88. The van der Waals surface area contributed by atoms with Crippen molar-refractivity contribution < 1.29 is 13.9 Å². The molecule has 0 fully saturated rings. The van der Waals surface area contributed by atoms with Gasteiger partial charge in [0, 0.05) is 12.1 Å². The van der Waals surface area contributed by atoms with Crippen LogP contribution in [0.5, 0.6) is 11.5 Å². The molecule has 0 amide bonds. The predicted molar refractivity (Wildman–Crippen MR) is 120 cm³/mol. The van der Waals surface area contributed by atoms with Crippen molar-refractivity contribution in [2.75, 3.05) is 6.61 Å². The summed E-state index contributed by atoms with van der Waals surface area (Å²) in [7, 11) is 0. The predicted octanol–water partition coefficient (Wildman–Crippen LogP) is 5.62. The van der Waals surface area contributed by atoms with Crippen molar-refractivity contribution in [3.8, 4) is 11.5 Å². The minimum Gasteiger partial charge on any atom is -0.490 e. The van der Waals surface area contributed by atoms with Crippen molar-refractivity contribution in [3.05, 3.63) is 88.5 Å². The highest BCUT2D eigenvalue weighted by Gasteiger charge is 2.09. The van der Waals surface area contributed by atoms with Crippen molar-refractivity contribution in [2.24, 2.45) is 0 Å². The van der Waals surface area contributed by atoms with Crippen LogP contribution < -0.4 is 14.8 Å². The van der Waals surface area contributed by atoms with Crippen LogP contribution in [0.15, 0.2) is 60.7 Å². The summed E-state index contributed by atoms with van der Waals surface area (Å²) in [6.45, 7) is 3.95. The number of ether oxygens (including phenoxy) is 2. The Morgan fingerprint density at radius 3 is 2.68 bits per heavy atom. The third-order valence-corrected chi connectivity index (χ3v) is 5.12. The molecule has 0 saturated carbocycles. The molecule has 1 aromatic heterocycles. The number of aromatic amines is 1. The second kappa shape index (κ2) is 9.81. The monoisotopic (exact) mass is 439 g/mol. The maximum absolute atomic E-state index is 13.2. The van der Waals surface area contributed by atoms with Crippen molar-refractivity contribution in [3.63, 3.8) is 0 Å². The molecule has 160 valence electrons. The number of H-pyrrole nitrogens is 1. The lowest BCUT2D eigenvalue weighted by atomic mass is 10.2. The number of hydrogen-bond acceptors (Lipinski definition) is 4. The Morgan fingerprint density at radius 2 is 1.87 bits per heavy atom. The van der Waals surface area contributed by atoms with E-state index >= 15 is 0 Å². The number of para-hydroxylation sites is 2. The SMILES string of the molecule is CCOc1cc(CNCc2nc3ccccc3[nH]2)ccc1OCc1ccc(F)cc1Cl. The van der Waals surface area contributed by atoms with Gasteiger partial charge >= 0.3 is 0 Å². The molecule has 7 heteroatoms. The van der Waals surface area contributed by atoms with Crippen molar-refractivity contribution >= 4 is 22.6 Å². The molecule has 31 heavy (non-hydrogen) atoms. The van der Waals surface area contributed by atoms with E-state index in [0.29, 0.717) is 41.8 Å². The van der Waals surface area contributed by atoms with Crippen molar-refractivity contribution in [2.45, 2.75) is 26.6 Å². The molecule has 3 aromatic carbocycles. The van der Waals surface area contributed by atoms with Gasteiger partial charge in [0.2, 0.25) is 0 Å². The molecule has 2 N–H and O–H groups in total. The van der Waals surface area contributed by atoms with Crippen molar-refractivity contribution in [1.82, 2.24) is 15.3 Å². The fourth-order valence-electron chi connectivity index (χ4n) is 3.26. The van der Waals surface area contributed by atoms with Crippen LogP contribution in [0.1, 0.15) is 23.9 Å². The van der Waals surface area contributed by atoms with Gasteiger partial charge in [0.1, 0.15) is 18.2 Å². The van der Waals surface area contributed by atoms with Crippen LogP contribution in [-0.4, -0.2) is 16.6 Å². The molecule has 0 radical (unpaired) electrons. The van der Waals surface area contributed by atoms with Gasteiger partial charge in [0.25, 0.3) is 0 Å². The Labute approximate surface area is 185 Å². The quantitative estimate of drug-likeness (QED) is 0.355. The standard InChI is InChI=1S/C24H23ClFN3O2/c1-2-30-23-11-16(13-27-14-24-28-20-5-3-4-6-21(20)29-24)7-10-22(23)31-15-17-8-9-18(26)12-19(17)25/h3-12,27H,2,13-15H2,1H3,(H,28,29). The zero-order valence-electron chi connectivity index (χ0n) is 17.1. The lowest BCUT2D eigenvalue weighted by Crippen LogP contribution is -2.14. The summed E-state index contributed by atoms with van der Waals surface area (Å²) in [6, 6.07) is 18.0. The van der Waals surface area contributed by atoms with Gasteiger partial charge in [-0.2, -0.15) is 0 Å². The minimum atomic E-state index is -0.372. The van der Waals surface area contributed by atoms with Crippen LogP contribution in [0.4, 0.5) is 4.39 Å². The zero-order chi connectivity index (χ0) is 21.6. The van der Waals surface area contributed by atoms with E-state index < -0.39 is 0 Å². The van der Waals surface area contributed by atoms with Crippen LogP contribution in [0.3, 0.4) is 0 Å². The summed E-state index contributed by atoms with van der Waals surface area (Å²) in [6.07, 6.45) is 0. The van der Waals surface area contributed by atoms with Gasteiger partial charge in [-0.1, -0.05) is 35.9 Å². The van der Waals surface area contributed by atoms with E-state index in [1.165, 1.54) is 12.1 Å². The highest BCUT2D eigenvalue weighted by molar-refractivity contribution is 6.31. The molecule has 4 aromatic rings. The lowest BCUT2D eigenvalue weighted by molar-refractivity contribution is 0.269. The molecule has 4 rings (SSSR count). The van der Waals surface area contributed by atoms with E-state index in [9.17, 15) is 4.39 Å². The van der Waals surface area contributed by atoms with E-state index in [2.05, 4.69) is 15.3 Å². The highest BCUT2D eigenvalue weighted by atomic mass is 35.5. The van der Waals surface area contributed by atoms with Crippen molar-refractivity contribution in [1.29, 1.82) is 0 Å². The van der Waals surface area contributed by atoms with E-state index in [4.69, 9.17) is 21.1 Å². The molecule has 1 heterocycles. The Hall–Kier alpha value is -3.09. The average molecular weight is 440 g/mol. The Balaban J connectivity index is 1.38. The maximum Gasteiger partial charge on any atom is 0.161 e. The summed E-state index contributed by atoms with van der Waals surface area (Å²) < 4.78 is 24.9. The lowest BCUT2D eigenvalue weighted by Gasteiger charge is -2.14. The number of rotatable bonds is 9. The smallest absolute Gasteiger partial charge is 0.161 e. The van der Waals surface area contributed by atoms with Gasteiger partial charge in [-0.15, -0.1) is 0 Å². The first-order valence-corrected chi connectivity index (χ1v) is 10.5. The number of aromatic nitrogens is 2. The first-order valence-electron chi connectivity index (χ1n) is 10.1. The van der Waals surface area contributed by atoms with Crippen LogP contribution in [-0.2, 0) is 19.7 Å². The van der Waals surface area contributed by atoms with Gasteiger partial charge in [0.15, 0.2) is 11.5 Å². The molecule has 0 aliphatic rings. The van der Waals surface area contributed by atoms with Crippen LogP contribution >= 0.6 is 11.6 Å². The minimum absolute atomic E-state index is 0.225. The Bertz CT molecular complexity index is 1150. The van der Waals surface area contributed by atoms with E-state index in [1.807, 2.05) is 49.4 Å². The topological polar surface area (TPSA) is 59.2 Å². The maximum atomic E-state index is 13.2. The van der Waals surface area contributed by atoms with Crippen LogP contribution in [0, 0.1) is 5.82 Å². The molecule has 0 bridgehead atoms. The number of benzene rings is 3. The number of hydrogen-bond donors (Lipinski definition) is 2. The normalized spacial score (nSPS) is 11.1. The summed E-state index contributed by atoms with van der Waals surface area (Å²) >= 11 is 6.09. The van der Waals surface area contributed by atoms with E-state index in [0.717, 1.165) is 22.4 Å². The third-order valence-electron chi connectivity index (χ3n) is 4.77. The molecular formula is C24H23ClFN3O2. The Kier molecular flexibility index (Phi) is 6.70. The third kappa shape index (κ3) is 5.34. The number of fused-ring (bicyclic) bond motifs is 1. The summed E-state index contributed by atoms with van der Waals surface area (Å²) in [5.41, 5.74) is 3.76. The summed E-state index contributed by atoms with van der Waals surface area (Å²) in [5, 5.41) is 3.73.